The summed E-state index contributed by atoms with van der Waals surface area (Å²) in [5.74, 6) is 0. The van der Waals surface area contributed by atoms with E-state index < -0.39 is 0 Å². The van der Waals surface area contributed by atoms with Crippen LogP contribution in [0.15, 0.2) is 24.3 Å². The van der Waals surface area contributed by atoms with Crippen LogP contribution in [0.4, 0.5) is 5.69 Å². The smallest absolute Gasteiger partial charge is 0.0368 e. The molecule has 1 N–H and O–H groups in total. The molecule has 0 aliphatic carbocycles. The molecular formula is C14H24N2. The third kappa shape index (κ3) is 2.99. The number of anilines is 1. The summed E-state index contributed by atoms with van der Waals surface area (Å²) in [7, 11) is 4.14. The summed E-state index contributed by atoms with van der Waals surface area (Å²) in [5, 5.41) is 3.16. The van der Waals surface area contributed by atoms with Gasteiger partial charge in [-0.25, -0.2) is 0 Å². The van der Waals surface area contributed by atoms with Crippen molar-refractivity contribution in [1.29, 1.82) is 0 Å². The minimum atomic E-state index is 0.213. The zero-order valence-electron chi connectivity index (χ0n) is 11.2. The lowest BCUT2D eigenvalue weighted by atomic mass is 9.99. The Labute approximate surface area is 99.7 Å². The van der Waals surface area contributed by atoms with Crippen molar-refractivity contribution in [3.63, 3.8) is 0 Å². The molecule has 2 nitrogen and oxygen atoms in total. The lowest BCUT2D eigenvalue weighted by Crippen LogP contribution is -2.40. The van der Waals surface area contributed by atoms with Crippen LogP contribution in [0, 0.1) is 0 Å². The molecule has 0 aliphatic heterocycles. The van der Waals surface area contributed by atoms with E-state index >= 15 is 0 Å². The highest BCUT2D eigenvalue weighted by molar-refractivity contribution is 5.49. The molecule has 0 aliphatic rings. The van der Waals surface area contributed by atoms with Gasteiger partial charge >= 0.3 is 0 Å². The Kier molecular flexibility index (Phi) is 4.36. The third-order valence-electron chi connectivity index (χ3n) is 3.48. The molecule has 0 radical (unpaired) electrons. The Morgan fingerprint density at radius 2 is 1.75 bits per heavy atom. The quantitative estimate of drug-likeness (QED) is 0.820. The maximum atomic E-state index is 3.16. The highest BCUT2D eigenvalue weighted by atomic mass is 15.2. The molecule has 0 saturated heterocycles. The molecule has 0 bridgehead atoms. The zero-order valence-corrected chi connectivity index (χ0v) is 11.2. The van der Waals surface area contributed by atoms with Gasteiger partial charge in [0, 0.05) is 24.8 Å². The first-order chi connectivity index (χ1) is 7.51. The van der Waals surface area contributed by atoms with Crippen LogP contribution in [0.25, 0.3) is 0 Å². The number of hydrogen-bond acceptors (Lipinski definition) is 2. The summed E-state index contributed by atoms with van der Waals surface area (Å²) in [6, 6.07) is 8.77. The number of benzene rings is 1. The first kappa shape index (κ1) is 13.0. The maximum absolute atomic E-state index is 3.16. The van der Waals surface area contributed by atoms with Crippen molar-refractivity contribution in [1.82, 2.24) is 5.32 Å². The average Bonchev–Trinajstić information content (AvgIpc) is 2.29. The van der Waals surface area contributed by atoms with Crippen LogP contribution in [-0.2, 0) is 6.54 Å². The van der Waals surface area contributed by atoms with E-state index in [2.05, 4.69) is 62.3 Å². The number of nitrogens with zero attached hydrogens (tertiary/aromatic N) is 1. The second-order valence-electron chi connectivity index (χ2n) is 4.92. The minimum Gasteiger partial charge on any atom is -0.369 e. The molecule has 16 heavy (non-hydrogen) atoms. The summed E-state index contributed by atoms with van der Waals surface area (Å²) in [6.45, 7) is 7.70. The maximum Gasteiger partial charge on any atom is 0.0368 e. The number of nitrogens with one attached hydrogen (secondary N) is 1. The third-order valence-corrected chi connectivity index (χ3v) is 3.48. The van der Waals surface area contributed by atoms with E-state index in [1.807, 2.05) is 7.05 Å². The monoisotopic (exact) mass is 220 g/mol. The van der Waals surface area contributed by atoms with Crippen LogP contribution in [0.1, 0.15) is 32.8 Å². The Hall–Kier alpha value is -1.02. The van der Waals surface area contributed by atoms with Gasteiger partial charge in [-0.1, -0.05) is 19.1 Å². The van der Waals surface area contributed by atoms with Crippen molar-refractivity contribution < 1.29 is 0 Å². The molecule has 90 valence electrons. The fourth-order valence-electron chi connectivity index (χ4n) is 1.63. The number of rotatable bonds is 5. The standard InChI is InChI=1S/C14H24N2/c1-6-14(2,3)16(5)13-9-7-12(8-10-13)11-15-4/h7-10,15H,6,11H2,1-5H3. The fraction of sp³-hybridized carbons (Fsp3) is 0.571. The second-order valence-corrected chi connectivity index (χ2v) is 4.92. The predicted molar refractivity (Wildman–Crippen MR) is 72.0 cm³/mol. The van der Waals surface area contributed by atoms with Gasteiger partial charge in [-0.15, -0.1) is 0 Å². The molecule has 0 saturated carbocycles. The summed E-state index contributed by atoms with van der Waals surface area (Å²) in [6.07, 6.45) is 1.14. The van der Waals surface area contributed by atoms with E-state index in [9.17, 15) is 0 Å². The van der Waals surface area contributed by atoms with Crippen LogP contribution in [-0.4, -0.2) is 19.6 Å². The molecule has 0 aromatic heterocycles. The van der Waals surface area contributed by atoms with Gasteiger partial charge < -0.3 is 10.2 Å². The van der Waals surface area contributed by atoms with Crippen LogP contribution in [0.5, 0.6) is 0 Å². The molecule has 0 unspecified atom stereocenters. The number of hydrogen-bond donors (Lipinski definition) is 1. The molecule has 1 rings (SSSR count). The van der Waals surface area contributed by atoms with Crippen molar-refractivity contribution in [2.75, 3.05) is 19.0 Å². The van der Waals surface area contributed by atoms with Gasteiger partial charge in [0.25, 0.3) is 0 Å². The largest absolute Gasteiger partial charge is 0.369 e. The van der Waals surface area contributed by atoms with E-state index in [4.69, 9.17) is 0 Å². The van der Waals surface area contributed by atoms with Crippen molar-refractivity contribution in [2.45, 2.75) is 39.3 Å². The van der Waals surface area contributed by atoms with Gasteiger partial charge in [0.05, 0.1) is 0 Å². The Morgan fingerprint density at radius 3 is 2.19 bits per heavy atom. The van der Waals surface area contributed by atoms with E-state index in [1.165, 1.54) is 11.3 Å². The van der Waals surface area contributed by atoms with Crippen LogP contribution >= 0.6 is 0 Å². The fourth-order valence-corrected chi connectivity index (χ4v) is 1.63. The van der Waals surface area contributed by atoms with E-state index in [1.54, 1.807) is 0 Å². The highest BCUT2D eigenvalue weighted by Gasteiger charge is 2.21. The summed E-state index contributed by atoms with van der Waals surface area (Å²) >= 11 is 0. The topological polar surface area (TPSA) is 15.3 Å². The summed E-state index contributed by atoms with van der Waals surface area (Å²) in [5.41, 5.74) is 2.82. The van der Waals surface area contributed by atoms with Crippen molar-refractivity contribution >= 4 is 5.69 Å². The molecule has 1 aromatic rings. The predicted octanol–water partition coefficient (Wildman–Crippen LogP) is 3.03. The first-order valence-electron chi connectivity index (χ1n) is 5.98. The summed E-state index contributed by atoms with van der Waals surface area (Å²) in [4.78, 5) is 2.34. The Morgan fingerprint density at radius 1 is 1.19 bits per heavy atom. The lowest BCUT2D eigenvalue weighted by Gasteiger charge is -2.36. The van der Waals surface area contributed by atoms with E-state index in [0.29, 0.717) is 0 Å². The molecule has 0 fully saturated rings. The minimum absolute atomic E-state index is 0.213. The van der Waals surface area contributed by atoms with Crippen LogP contribution < -0.4 is 10.2 Å². The second kappa shape index (κ2) is 5.35. The van der Waals surface area contributed by atoms with E-state index in [-0.39, 0.29) is 5.54 Å². The molecule has 2 heteroatoms. The summed E-state index contributed by atoms with van der Waals surface area (Å²) < 4.78 is 0. The first-order valence-corrected chi connectivity index (χ1v) is 5.98. The van der Waals surface area contributed by atoms with Gasteiger partial charge in [0.2, 0.25) is 0 Å². The van der Waals surface area contributed by atoms with Crippen molar-refractivity contribution in [3.8, 4) is 0 Å². The van der Waals surface area contributed by atoms with Gasteiger partial charge in [0.1, 0.15) is 0 Å². The lowest BCUT2D eigenvalue weighted by molar-refractivity contribution is 0.471. The molecule has 0 heterocycles. The molecule has 0 amide bonds. The molecular weight excluding hydrogens is 196 g/mol. The van der Waals surface area contributed by atoms with Gasteiger partial charge in [0.15, 0.2) is 0 Å². The van der Waals surface area contributed by atoms with Gasteiger partial charge in [-0.3, -0.25) is 0 Å². The molecule has 1 aromatic carbocycles. The molecule has 0 atom stereocenters. The van der Waals surface area contributed by atoms with Crippen molar-refractivity contribution in [3.05, 3.63) is 29.8 Å². The Balaban J connectivity index is 2.81. The van der Waals surface area contributed by atoms with Crippen LogP contribution in [0.2, 0.25) is 0 Å². The van der Waals surface area contributed by atoms with Crippen LogP contribution in [0.3, 0.4) is 0 Å². The normalized spacial score (nSPS) is 11.6. The SMILES string of the molecule is CCC(C)(C)N(C)c1ccc(CNC)cc1. The molecule has 0 spiro atoms. The zero-order chi connectivity index (χ0) is 12.2. The van der Waals surface area contributed by atoms with Crippen molar-refractivity contribution in [2.24, 2.45) is 0 Å². The van der Waals surface area contributed by atoms with Gasteiger partial charge in [-0.2, -0.15) is 0 Å². The average molecular weight is 220 g/mol. The highest BCUT2D eigenvalue weighted by Crippen LogP contribution is 2.24. The Bertz CT molecular complexity index is 314. The van der Waals surface area contributed by atoms with E-state index in [0.717, 1.165) is 13.0 Å². The van der Waals surface area contributed by atoms with Gasteiger partial charge in [-0.05, 0) is 45.0 Å².